The van der Waals surface area contributed by atoms with Gasteiger partial charge in [-0.05, 0) is 13.0 Å². The first-order valence-electron chi connectivity index (χ1n) is 6.92. The molecule has 0 unspecified atom stereocenters. The van der Waals surface area contributed by atoms with E-state index in [0.29, 0.717) is 6.54 Å². The second-order valence-corrected chi connectivity index (χ2v) is 5.12. The van der Waals surface area contributed by atoms with Crippen LogP contribution in [-0.2, 0) is 11.3 Å². The number of para-hydroxylation sites is 1. The third-order valence-corrected chi connectivity index (χ3v) is 3.45. The molecule has 0 spiro atoms. The van der Waals surface area contributed by atoms with E-state index < -0.39 is 18.1 Å². The summed E-state index contributed by atoms with van der Waals surface area (Å²) in [5.74, 6) is -0.958. The number of nitrogens with zero attached hydrogens (tertiary/aromatic N) is 2. The van der Waals surface area contributed by atoms with Crippen molar-refractivity contribution in [2.45, 2.75) is 25.6 Å². The Morgan fingerprint density at radius 1 is 1.45 bits per heavy atom. The van der Waals surface area contributed by atoms with Gasteiger partial charge in [0.1, 0.15) is 6.04 Å². The molecule has 0 aliphatic heterocycles. The number of hydrogen-bond acceptors (Lipinski definition) is 5. The lowest BCUT2D eigenvalue weighted by molar-refractivity contribution is -0.139. The molecule has 0 fully saturated rings. The Bertz CT molecular complexity index is 680. The highest BCUT2D eigenvalue weighted by atomic mass is 16.4. The minimum atomic E-state index is -0.958. The van der Waals surface area contributed by atoms with Crippen molar-refractivity contribution in [2.24, 2.45) is 5.16 Å². The van der Waals surface area contributed by atoms with E-state index in [1.165, 1.54) is 13.1 Å². The van der Waals surface area contributed by atoms with Gasteiger partial charge in [0.15, 0.2) is 0 Å². The first-order valence-corrected chi connectivity index (χ1v) is 6.92. The Kier molecular flexibility index (Phi) is 5.13. The lowest BCUT2D eigenvalue weighted by atomic mass is 10.2. The molecule has 0 aliphatic carbocycles. The zero-order chi connectivity index (χ0) is 16.1. The van der Waals surface area contributed by atoms with Crippen molar-refractivity contribution < 1.29 is 20.2 Å². The molecule has 4 N–H and O–H groups in total. The fraction of sp³-hybridized carbons (Fsp3) is 0.333. The van der Waals surface area contributed by atoms with E-state index in [0.717, 1.165) is 16.5 Å². The summed E-state index contributed by atoms with van der Waals surface area (Å²) in [5.41, 5.74) is 1.65. The van der Waals surface area contributed by atoms with Crippen LogP contribution in [0, 0.1) is 0 Å². The SMILES string of the molecule is C[C@H](NC[C@H](O)Cn1cc(/C=N\O)c2ccccc21)C(=O)O. The zero-order valence-electron chi connectivity index (χ0n) is 12.2. The Morgan fingerprint density at radius 3 is 2.86 bits per heavy atom. The number of rotatable bonds is 7. The summed E-state index contributed by atoms with van der Waals surface area (Å²) in [6.07, 6.45) is 2.39. The molecule has 2 atom stereocenters. The van der Waals surface area contributed by atoms with E-state index in [9.17, 15) is 9.90 Å². The molecule has 0 amide bonds. The van der Waals surface area contributed by atoms with Gasteiger partial charge in [0.05, 0.1) is 12.3 Å². The average Bonchev–Trinajstić information content (AvgIpc) is 2.83. The van der Waals surface area contributed by atoms with Crippen LogP contribution < -0.4 is 5.32 Å². The highest BCUT2D eigenvalue weighted by molar-refractivity contribution is 5.99. The van der Waals surface area contributed by atoms with Crippen LogP contribution in [-0.4, -0.2) is 50.9 Å². The second kappa shape index (κ2) is 7.06. The molecule has 22 heavy (non-hydrogen) atoms. The highest BCUT2D eigenvalue weighted by Gasteiger charge is 2.14. The lowest BCUT2D eigenvalue weighted by Crippen LogP contribution is -2.39. The van der Waals surface area contributed by atoms with Gasteiger partial charge in [-0.15, -0.1) is 0 Å². The first-order chi connectivity index (χ1) is 10.5. The topological polar surface area (TPSA) is 107 Å². The number of aliphatic hydroxyl groups excluding tert-OH is 1. The Morgan fingerprint density at radius 2 is 2.18 bits per heavy atom. The van der Waals surface area contributed by atoms with E-state index in [1.807, 2.05) is 28.8 Å². The molecule has 2 aromatic rings. The van der Waals surface area contributed by atoms with Gasteiger partial charge in [-0.2, -0.15) is 0 Å². The van der Waals surface area contributed by atoms with Crippen LogP contribution in [0.15, 0.2) is 35.6 Å². The molecule has 118 valence electrons. The number of benzene rings is 1. The minimum Gasteiger partial charge on any atom is -0.480 e. The fourth-order valence-corrected chi connectivity index (χ4v) is 2.28. The van der Waals surface area contributed by atoms with Gasteiger partial charge in [0.2, 0.25) is 0 Å². The smallest absolute Gasteiger partial charge is 0.320 e. The van der Waals surface area contributed by atoms with Crippen molar-refractivity contribution in [3.05, 3.63) is 36.0 Å². The number of carboxylic acids is 1. The van der Waals surface area contributed by atoms with Crippen LogP contribution in [0.5, 0.6) is 0 Å². The Hall–Kier alpha value is -2.38. The van der Waals surface area contributed by atoms with E-state index in [1.54, 1.807) is 6.20 Å². The highest BCUT2D eigenvalue weighted by Crippen LogP contribution is 2.20. The zero-order valence-corrected chi connectivity index (χ0v) is 12.2. The number of aliphatic carboxylic acids is 1. The van der Waals surface area contributed by atoms with Crippen molar-refractivity contribution in [2.75, 3.05) is 6.54 Å². The summed E-state index contributed by atoms with van der Waals surface area (Å²) in [6, 6.07) is 6.86. The molecular formula is C15H19N3O4. The van der Waals surface area contributed by atoms with E-state index in [-0.39, 0.29) is 6.54 Å². The second-order valence-electron chi connectivity index (χ2n) is 5.12. The number of fused-ring (bicyclic) bond motifs is 1. The molecule has 1 aromatic carbocycles. The molecule has 2 rings (SSSR count). The van der Waals surface area contributed by atoms with Crippen LogP contribution >= 0.6 is 0 Å². The van der Waals surface area contributed by atoms with Gasteiger partial charge in [-0.25, -0.2) is 0 Å². The summed E-state index contributed by atoms with van der Waals surface area (Å²) >= 11 is 0. The summed E-state index contributed by atoms with van der Waals surface area (Å²) in [4.78, 5) is 10.7. The van der Waals surface area contributed by atoms with Crippen LogP contribution in [0.2, 0.25) is 0 Å². The van der Waals surface area contributed by atoms with E-state index >= 15 is 0 Å². The first kappa shape index (κ1) is 16.0. The molecule has 0 aliphatic rings. The van der Waals surface area contributed by atoms with Gasteiger partial charge in [0, 0.05) is 35.8 Å². The molecule has 1 heterocycles. The molecule has 0 bridgehead atoms. The van der Waals surface area contributed by atoms with Crippen molar-refractivity contribution >= 4 is 23.1 Å². The third kappa shape index (κ3) is 3.63. The van der Waals surface area contributed by atoms with Gasteiger partial charge in [0.25, 0.3) is 0 Å². The standard InChI is InChI=1S/C15H19N3O4/c1-10(15(20)21)16-7-12(19)9-18-8-11(6-17-22)13-4-2-3-5-14(13)18/h2-6,8,10,12,16,19,22H,7,9H2,1H3,(H,20,21)/b17-6-/t10-,12-/m0/s1. The summed E-state index contributed by atoms with van der Waals surface area (Å²) < 4.78 is 1.85. The maximum Gasteiger partial charge on any atom is 0.320 e. The molecule has 7 nitrogen and oxygen atoms in total. The van der Waals surface area contributed by atoms with Crippen molar-refractivity contribution in [3.63, 3.8) is 0 Å². The number of oxime groups is 1. The fourth-order valence-electron chi connectivity index (χ4n) is 2.28. The summed E-state index contributed by atoms with van der Waals surface area (Å²) in [6.45, 7) is 2.00. The number of carboxylic acid groups (broad SMARTS) is 1. The third-order valence-electron chi connectivity index (χ3n) is 3.45. The summed E-state index contributed by atoms with van der Waals surface area (Å²) in [7, 11) is 0. The van der Waals surface area contributed by atoms with Crippen LogP contribution in [0.3, 0.4) is 0 Å². The molecule has 1 aromatic heterocycles. The Labute approximate surface area is 127 Å². The Balaban J connectivity index is 2.12. The largest absolute Gasteiger partial charge is 0.480 e. The predicted octanol–water partition coefficient (Wildman–Crippen LogP) is 0.873. The van der Waals surface area contributed by atoms with E-state index in [4.69, 9.17) is 10.3 Å². The number of carbonyl (C=O) groups is 1. The van der Waals surface area contributed by atoms with Crippen molar-refractivity contribution in [3.8, 4) is 0 Å². The lowest BCUT2D eigenvalue weighted by Gasteiger charge is -2.15. The number of aromatic nitrogens is 1. The minimum absolute atomic E-state index is 0.170. The molecule has 0 radical (unpaired) electrons. The molecular weight excluding hydrogens is 286 g/mol. The van der Waals surface area contributed by atoms with Crippen molar-refractivity contribution in [1.29, 1.82) is 0 Å². The number of hydrogen-bond donors (Lipinski definition) is 4. The maximum atomic E-state index is 10.7. The van der Waals surface area contributed by atoms with Gasteiger partial charge >= 0.3 is 5.97 Å². The van der Waals surface area contributed by atoms with Gasteiger partial charge in [-0.1, -0.05) is 23.4 Å². The molecule has 7 heteroatoms. The number of nitrogens with one attached hydrogen (secondary N) is 1. The quantitative estimate of drug-likeness (QED) is 0.345. The van der Waals surface area contributed by atoms with Crippen LogP contribution in [0.1, 0.15) is 12.5 Å². The van der Waals surface area contributed by atoms with Crippen molar-refractivity contribution in [1.82, 2.24) is 9.88 Å². The normalized spacial score (nSPS) is 14.5. The average molecular weight is 305 g/mol. The van der Waals surface area contributed by atoms with E-state index in [2.05, 4.69) is 10.5 Å². The van der Waals surface area contributed by atoms with Crippen LogP contribution in [0.25, 0.3) is 10.9 Å². The molecule has 0 saturated heterocycles. The monoisotopic (exact) mass is 305 g/mol. The predicted molar refractivity (Wildman–Crippen MR) is 82.4 cm³/mol. The van der Waals surface area contributed by atoms with Crippen LogP contribution in [0.4, 0.5) is 0 Å². The molecule has 0 saturated carbocycles. The maximum absolute atomic E-state index is 10.7. The van der Waals surface area contributed by atoms with Gasteiger partial charge in [-0.3, -0.25) is 4.79 Å². The summed E-state index contributed by atoms with van der Waals surface area (Å²) in [5, 5.41) is 34.3. The number of aliphatic hydroxyl groups is 1. The van der Waals surface area contributed by atoms with Gasteiger partial charge < -0.3 is 25.3 Å².